The molecule has 0 bridgehead atoms. The van der Waals surface area contributed by atoms with Gasteiger partial charge in [0.25, 0.3) is 0 Å². The highest BCUT2D eigenvalue weighted by Crippen LogP contribution is 2.26. The van der Waals surface area contributed by atoms with Crippen LogP contribution in [0.25, 0.3) is 0 Å². The Morgan fingerprint density at radius 3 is 2.83 bits per heavy atom. The minimum absolute atomic E-state index is 0.407. The number of nitrogens with zero attached hydrogens (tertiary/aromatic N) is 1. The first-order chi connectivity index (χ1) is 8.70. The predicted octanol–water partition coefficient (Wildman–Crippen LogP) is 3.27. The number of pyridine rings is 1. The second-order valence-electron chi connectivity index (χ2n) is 3.53. The van der Waals surface area contributed by atoms with Crippen LogP contribution in [0.2, 0.25) is 5.02 Å². The van der Waals surface area contributed by atoms with E-state index in [2.05, 4.69) is 15.0 Å². The molecule has 0 radical (unpaired) electrons. The van der Waals surface area contributed by atoms with Gasteiger partial charge >= 0.3 is 5.97 Å². The first-order valence-corrected chi connectivity index (χ1v) is 5.64. The molecule has 0 aliphatic rings. The van der Waals surface area contributed by atoms with Gasteiger partial charge in [0.05, 0.1) is 23.4 Å². The van der Waals surface area contributed by atoms with Crippen LogP contribution < -0.4 is 5.32 Å². The molecule has 1 N–H and O–H groups in total. The van der Waals surface area contributed by atoms with Gasteiger partial charge in [0.1, 0.15) is 5.82 Å². The zero-order valence-electron chi connectivity index (χ0n) is 9.68. The molecule has 0 saturated heterocycles. The summed E-state index contributed by atoms with van der Waals surface area (Å²) in [7, 11) is 1.34. The van der Waals surface area contributed by atoms with E-state index in [1.165, 1.54) is 7.11 Å². The predicted molar refractivity (Wildman–Crippen MR) is 70.3 cm³/mol. The zero-order chi connectivity index (χ0) is 13.0. The molecule has 1 aromatic carbocycles. The average Bonchev–Trinajstić information content (AvgIpc) is 2.41. The normalized spacial score (nSPS) is 9.89. The number of rotatable bonds is 3. The Balaban J connectivity index is 2.30. The molecule has 0 amide bonds. The number of carbonyl (C=O) groups excluding carboxylic acids is 1. The van der Waals surface area contributed by atoms with Crippen LogP contribution in [0, 0.1) is 0 Å². The lowest BCUT2D eigenvalue weighted by Gasteiger charge is -2.08. The molecule has 0 spiro atoms. The van der Waals surface area contributed by atoms with E-state index >= 15 is 0 Å². The van der Waals surface area contributed by atoms with Gasteiger partial charge in [-0.2, -0.15) is 0 Å². The molecule has 0 saturated carbocycles. The number of benzene rings is 1. The highest BCUT2D eigenvalue weighted by Gasteiger charge is 2.09. The second kappa shape index (κ2) is 5.51. The minimum atomic E-state index is -0.407. The molecule has 0 unspecified atom stereocenters. The highest BCUT2D eigenvalue weighted by molar-refractivity contribution is 6.33. The number of hydrogen-bond acceptors (Lipinski definition) is 4. The molecular weight excluding hydrogens is 252 g/mol. The van der Waals surface area contributed by atoms with Crippen LogP contribution >= 0.6 is 11.6 Å². The van der Waals surface area contributed by atoms with Crippen LogP contribution in [0.1, 0.15) is 10.4 Å². The molecule has 2 rings (SSSR count). The minimum Gasteiger partial charge on any atom is -0.465 e. The monoisotopic (exact) mass is 262 g/mol. The van der Waals surface area contributed by atoms with Crippen LogP contribution in [0.3, 0.4) is 0 Å². The average molecular weight is 263 g/mol. The van der Waals surface area contributed by atoms with Crippen molar-refractivity contribution in [2.24, 2.45) is 0 Å². The lowest BCUT2D eigenvalue weighted by molar-refractivity contribution is 0.0601. The van der Waals surface area contributed by atoms with E-state index in [1.54, 1.807) is 30.5 Å². The summed E-state index contributed by atoms with van der Waals surface area (Å²) >= 11 is 6.05. The first kappa shape index (κ1) is 12.4. The number of hydrogen-bond donors (Lipinski definition) is 1. The van der Waals surface area contributed by atoms with Crippen molar-refractivity contribution < 1.29 is 9.53 Å². The maximum absolute atomic E-state index is 11.4. The smallest absolute Gasteiger partial charge is 0.337 e. The number of esters is 1. The van der Waals surface area contributed by atoms with Gasteiger partial charge in [-0.3, -0.25) is 0 Å². The number of carbonyl (C=O) groups is 1. The highest BCUT2D eigenvalue weighted by atomic mass is 35.5. The number of ether oxygens (including phenoxy) is 1. The lowest BCUT2D eigenvalue weighted by atomic mass is 10.2. The molecule has 0 atom stereocenters. The van der Waals surface area contributed by atoms with E-state index in [1.807, 2.05) is 12.1 Å². The number of halogens is 1. The quantitative estimate of drug-likeness (QED) is 0.863. The molecule has 5 heteroatoms. The second-order valence-corrected chi connectivity index (χ2v) is 3.93. The Labute approximate surface area is 110 Å². The zero-order valence-corrected chi connectivity index (χ0v) is 10.4. The fourth-order valence-corrected chi connectivity index (χ4v) is 1.61. The Kier molecular flexibility index (Phi) is 3.79. The van der Waals surface area contributed by atoms with Crippen molar-refractivity contribution in [3.8, 4) is 0 Å². The summed E-state index contributed by atoms with van der Waals surface area (Å²) in [4.78, 5) is 15.5. The van der Waals surface area contributed by atoms with Crippen molar-refractivity contribution in [1.82, 2.24) is 4.98 Å². The first-order valence-electron chi connectivity index (χ1n) is 5.26. The summed E-state index contributed by atoms with van der Waals surface area (Å²) in [6.07, 6.45) is 1.67. The van der Waals surface area contributed by atoms with Crippen LogP contribution in [0.4, 0.5) is 11.5 Å². The van der Waals surface area contributed by atoms with Gasteiger partial charge in [0, 0.05) is 6.20 Å². The van der Waals surface area contributed by atoms with Crippen molar-refractivity contribution in [2.45, 2.75) is 0 Å². The maximum Gasteiger partial charge on any atom is 0.337 e. The standard InChI is InChI=1S/C13H11ClN2O2/c1-18-13(17)9-5-6-10(14)11(8-9)16-12-4-2-3-7-15-12/h2-8H,1H3,(H,15,16). The van der Waals surface area contributed by atoms with Gasteiger partial charge in [0.2, 0.25) is 0 Å². The van der Waals surface area contributed by atoms with Gasteiger partial charge in [-0.25, -0.2) is 9.78 Å². The Bertz CT molecular complexity index is 558. The van der Waals surface area contributed by atoms with E-state index < -0.39 is 5.97 Å². The van der Waals surface area contributed by atoms with Gasteiger partial charge in [-0.05, 0) is 30.3 Å². The van der Waals surface area contributed by atoms with Gasteiger partial charge in [0.15, 0.2) is 0 Å². The summed E-state index contributed by atoms with van der Waals surface area (Å²) in [6, 6.07) is 10.4. The third-order valence-electron chi connectivity index (χ3n) is 2.32. The maximum atomic E-state index is 11.4. The van der Waals surface area contributed by atoms with Crippen molar-refractivity contribution in [3.05, 3.63) is 53.2 Å². The summed E-state index contributed by atoms with van der Waals surface area (Å²) in [6.45, 7) is 0. The number of nitrogens with one attached hydrogen (secondary N) is 1. The molecule has 18 heavy (non-hydrogen) atoms. The lowest BCUT2D eigenvalue weighted by Crippen LogP contribution is -2.02. The number of methoxy groups -OCH3 is 1. The Morgan fingerprint density at radius 1 is 1.33 bits per heavy atom. The summed E-state index contributed by atoms with van der Waals surface area (Å²) in [5.74, 6) is 0.247. The molecule has 1 aromatic heterocycles. The van der Waals surface area contributed by atoms with Crippen LogP contribution in [-0.4, -0.2) is 18.1 Å². The topological polar surface area (TPSA) is 51.2 Å². The Hall–Kier alpha value is -2.07. The molecule has 0 fully saturated rings. The van der Waals surface area contributed by atoms with Crippen molar-refractivity contribution in [1.29, 1.82) is 0 Å². The summed E-state index contributed by atoms with van der Waals surface area (Å²) in [5, 5.41) is 3.55. The fraction of sp³-hybridized carbons (Fsp3) is 0.0769. The van der Waals surface area contributed by atoms with E-state index in [-0.39, 0.29) is 0 Å². The fourth-order valence-electron chi connectivity index (χ4n) is 1.44. The largest absolute Gasteiger partial charge is 0.465 e. The van der Waals surface area contributed by atoms with Crippen molar-refractivity contribution in [2.75, 3.05) is 12.4 Å². The Morgan fingerprint density at radius 2 is 2.17 bits per heavy atom. The van der Waals surface area contributed by atoms with Gasteiger partial charge in [-0.15, -0.1) is 0 Å². The third-order valence-corrected chi connectivity index (χ3v) is 2.64. The van der Waals surface area contributed by atoms with E-state index in [0.717, 1.165) is 0 Å². The third kappa shape index (κ3) is 2.78. The van der Waals surface area contributed by atoms with Crippen LogP contribution in [0.15, 0.2) is 42.6 Å². The van der Waals surface area contributed by atoms with Crippen molar-refractivity contribution >= 4 is 29.1 Å². The summed E-state index contributed by atoms with van der Waals surface area (Å²) in [5.41, 5.74) is 1.04. The number of anilines is 2. The van der Waals surface area contributed by atoms with Gasteiger partial charge in [-0.1, -0.05) is 17.7 Å². The van der Waals surface area contributed by atoms with Crippen molar-refractivity contribution in [3.63, 3.8) is 0 Å². The molecule has 2 aromatic rings. The number of aromatic nitrogens is 1. The van der Waals surface area contributed by atoms with Crippen LogP contribution in [-0.2, 0) is 4.74 Å². The van der Waals surface area contributed by atoms with Gasteiger partial charge < -0.3 is 10.1 Å². The molecule has 1 heterocycles. The SMILES string of the molecule is COC(=O)c1ccc(Cl)c(Nc2ccccn2)c1. The summed E-state index contributed by atoms with van der Waals surface area (Å²) < 4.78 is 4.66. The van der Waals surface area contributed by atoms with Crippen LogP contribution in [0.5, 0.6) is 0 Å². The molecular formula is C13H11ClN2O2. The molecule has 4 nitrogen and oxygen atoms in total. The molecule has 0 aliphatic carbocycles. The molecule has 92 valence electrons. The van der Waals surface area contributed by atoms with E-state index in [4.69, 9.17) is 11.6 Å². The molecule has 0 aliphatic heterocycles. The van der Waals surface area contributed by atoms with E-state index in [0.29, 0.717) is 22.1 Å². The van der Waals surface area contributed by atoms with E-state index in [9.17, 15) is 4.79 Å².